The van der Waals surface area contributed by atoms with E-state index in [4.69, 9.17) is 4.98 Å². The summed E-state index contributed by atoms with van der Waals surface area (Å²) in [6, 6.07) is 0.960. The first kappa shape index (κ1) is 12.2. The van der Waals surface area contributed by atoms with E-state index in [0.29, 0.717) is 12.1 Å². The van der Waals surface area contributed by atoms with Crippen molar-refractivity contribution in [1.82, 2.24) is 10.3 Å². The number of rotatable bonds is 3. The van der Waals surface area contributed by atoms with Crippen molar-refractivity contribution in [2.45, 2.75) is 25.9 Å². The minimum atomic E-state index is 0.347. The molecule has 1 fully saturated rings. The highest BCUT2D eigenvalue weighted by molar-refractivity contribution is 7.99. The van der Waals surface area contributed by atoms with Crippen LogP contribution in [0, 0.1) is 0 Å². The van der Waals surface area contributed by atoms with Crippen LogP contribution in [0.4, 0.5) is 5.13 Å². The van der Waals surface area contributed by atoms with Gasteiger partial charge in [-0.1, -0.05) is 0 Å². The zero-order valence-electron chi connectivity index (χ0n) is 10.1. The van der Waals surface area contributed by atoms with Crippen LogP contribution in [0.15, 0.2) is 5.38 Å². The van der Waals surface area contributed by atoms with Crippen LogP contribution in [0.1, 0.15) is 25.6 Å². The van der Waals surface area contributed by atoms with E-state index in [1.807, 2.05) is 18.8 Å². The van der Waals surface area contributed by atoms with Gasteiger partial charge in [0.2, 0.25) is 0 Å². The van der Waals surface area contributed by atoms with Crippen molar-refractivity contribution < 1.29 is 0 Å². The van der Waals surface area contributed by atoms with E-state index in [0.717, 1.165) is 12.2 Å². The fourth-order valence-electron chi connectivity index (χ4n) is 1.77. The van der Waals surface area contributed by atoms with Crippen LogP contribution >= 0.6 is 23.1 Å². The SMILES string of the molecule is CNC(C)c1csc(N2CCSCC2C)n1. The molecule has 2 atom stereocenters. The molecule has 1 saturated heterocycles. The topological polar surface area (TPSA) is 28.2 Å². The van der Waals surface area contributed by atoms with Gasteiger partial charge in [-0.2, -0.15) is 11.8 Å². The standard InChI is InChI=1S/C11H19N3S2/c1-8-6-15-5-4-14(8)11-13-10(7-16-11)9(2)12-3/h7-9,12H,4-6H2,1-3H3. The predicted molar refractivity (Wildman–Crippen MR) is 73.7 cm³/mol. The van der Waals surface area contributed by atoms with E-state index < -0.39 is 0 Å². The number of anilines is 1. The van der Waals surface area contributed by atoms with E-state index in [2.05, 4.69) is 29.4 Å². The predicted octanol–water partition coefficient (Wildman–Crippen LogP) is 2.37. The zero-order valence-corrected chi connectivity index (χ0v) is 11.7. The Bertz CT molecular complexity index is 340. The summed E-state index contributed by atoms with van der Waals surface area (Å²) in [5.41, 5.74) is 1.16. The van der Waals surface area contributed by atoms with Crippen molar-refractivity contribution in [3.63, 3.8) is 0 Å². The average Bonchev–Trinajstić information content (AvgIpc) is 2.78. The fourth-order valence-corrected chi connectivity index (χ4v) is 3.83. The third-order valence-corrected chi connectivity index (χ3v) is 5.09. The summed E-state index contributed by atoms with van der Waals surface area (Å²) in [5.74, 6) is 2.44. The number of hydrogen-bond donors (Lipinski definition) is 1. The minimum absolute atomic E-state index is 0.347. The molecule has 0 aliphatic carbocycles. The third-order valence-electron chi connectivity index (χ3n) is 3.00. The Morgan fingerprint density at radius 1 is 1.62 bits per heavy atom. The molecule has 3 nitrogen and oxygen atoms in total. The van der Waals surface area contributed by atoms with Gasteiger partial charge in [0.25, 0.3) is 0 Å². The molecule has 0 bridgehead atoms. The molecular weight excluding hydrogens is 238 g/mol. The summed E-state index contributed by atoms with van der Waals surface area (Å²) in [6.07, 6.45) is 0. The number of hydrogen-bond acceptors (Lipinski definition) is 5. The smallest absolute Gasteiger partial charge is 0.185 e. The fraction of sp³-hybridized carbons (Fsp3) is 0.727. The second kappa shape index (κ2) is 5.38. The molecule has 0 amide bonds. The van der Waals surface area contributed by atoms with Crippen molar-refractivity contribution in [3.05, 3.63) is 11.1 Å². The van der Waals surface area contributed by atoms with Gasteiger partial charge in [0.05, 0.1) is 5.69 Å². The van der Waals surface area contributed by atoms with Crippen molar-refractivity contribution in [1.29, 1.82) is 0 Å². The van der Waals surface area contributed by atoms with Gasteiger partial charge in [0.15, 0.2) is 5.13 Å². The zero-order chi connectivity index (χ0) is 11.5. The summed E-state index contributed by atoms with van der Waals surface area (Å²) in [6.45, 7) is 5.57. The Morgan fingerprint density at radius 2 is 2.44 bits per heavy atom. The van der Waals surface area contributed by atoms with E-state index in [1.165, 1.54) is 16.6 Å². The van der Waals surface area contributed by atoms with Gasteiger partial charge < -0.3 is 10.2 Å². The Kier molecular flexibility index (Phi) is 4.10. The van der Waals surface area contributed by atoms with Crippen LogP contribution in [-0.4, -0.2) is 36.1 Å². The van der Waals surface area contributed by atoms with Gasteiger partial charge in [-0.25, -0.2) is 4.98 Å². The van der Waals surface area contributed by atoms with Crippen molar-refractivity contribution in [2.24, 2.45) is 0 Å². The maximum absolute atomic E-state index is 4.73. The number of nitrogens with one attached hydrogen (secondary N) is 1. The second-order valence-corrected chi connectivity index (χ2v) is 6.17. The molecule has 1 N–H and O–H groups in total. The van der Waals surface area contributed by atoms with E-state index >= 15 is 0 Å². The number of thioether (sulfide) groups is 1. The molecule has 2 heterocycles. The minimum Gasteiger partial charge on any atom is -0.344 e. The maximum Gasteiger partial charge on any atom is 0.185 e. The Morgan fingerprint density at radius 3 is 3.12 bits per heavy atom. The number of nitrogens with zero attached hydrogens (tertiary/aromatic N) is 2. The van der Waals surface area contributed by atoms with E-state index in [1.54, 1.807) is 11.3 Å². The molecule has 1 aliphatic heterocycles. The third kappa shape index (κ3) is 2.52. The van der Waals surface area contributed by atoms with Gasteiger partial charge in [-0.05, 0) is 20.9 Å². The highest BCUT2D eigenvalue weighted by Crippen LogP contribution is 2.28. The molecule has 16 heavy (non-hydrogen) atoms. The maximum atomic E-state index is 4.73. The monoisotopic (exact) mass is 257 g/mol. The van der Waals surface area contributed by atoms with Crippen molar-refractivity contribution in [2.75, 3.05) is 30.0 Å². The quantitative estimate of drug-likeness (QED) is 0.900. The average molecular weight is 257 g/mol. The first-order valence-corrected chi connectivity index (χ1v) is 7.73. The summed E-state index contributed by atoms with van der Waals surface area (Å²) in [4.78, 5) is 7.17. The van der Waals surface area contributed by atoms with Crippen molar-refractivity contribution in [3.8, 4) is 0 Å². The molecule has 2 unspecified atom stereocenters. The van der Waals surface area contributed by atoms with Crippen LogP contribution in [0.2, 0.25) is 0 Å². The highest BCUT2D eigenvalue weighted by atomic mass is 32.2. The molecule has 0 radical (unpaired) electrons. The largest absolute Gasteiger partial charge is 0.344 e. The lowest BCUT2D eigenvalue weighted by Crippen LogP contribution is -2.40. The first-order chi connectivity index (χ1) is 7.72. The summed E-state index contributed by atoms with van der Waals surface area (Å²) in [5, 5.41) is 6.59. The number of thiazole rings is 1. The van der Waals surface area contributed by atoms with Crippen molar-refractivity contribution >= 4 is 28.2 Å². The normalized spacial score (nSPS) is 23.4. The van der Waals surface area contributed by atoms with E-state index in [9.17, 15) is 0 Å². The van der Waals surface area contributed by atoms with Crippen LogP contribution < -0.4 is 10.2 Å². The van der Waals surface area contributed by atoms with Crippen LogP contribution in [0.25, 0.3) is 0 Å². The van der Waals surface area contributed by atoms with Crippen LogP contribution in [0.3, 0.4) is 0 Å². The molecule has 1 aliphatic rings. The molecular formula is C11H19N3S2. The highest BCUT2D eigenvalue weighted by Gasteiger charge is 2.21. The summed E-state index contributed by atoms with van der Waals surface area (Å²) in [7, 11) is 1.98. The lowest BCUT2D eigenvalue weighted by molar-refractivity contribution is 0.632. The lowest BCUT2D eigenvalue weighted by Gasteiger charge is -2.32. The van der Waals surface area contributed by atoms with E-state index in [-0.39, 0.29) is 0 Å². The Labute approximate surface area is 106 Å². The van der Waals surface area contributed by atoms with Gasteiger partial charge in [0, 0.05) is 35.5 Å². The summed E-state index contributed by atoms with van der Waals surface area (Å²) >= 11 is 3.81. The lowest BCUT2D eigenvalue weighted by atomic mass is 10.3. The van der Waals surface area contributed by atoms with Crippen LogP contribution in [-0.2, 0) is 0 Å². The molecule has 0 spiro atoms. The van der Waals surface area contributed by atoms with Gasteiger partial charge in [0.1, 0.15) is 0 Å². The molecule has 5 heteroatoms. The Balaban J connectivity index is 2.11. The Hall–Kier alpha value is -0.260. The molecule has 0 aromatic carbocycles. The van der Waals surface area contributed by atoms with Crippen LogP contribution in [0.5, 0.6) is 0 Å². The van der Waals surface area contributed by atoms with Gasteiger partial charge in [-0.15, -0.1) is 11.3 Å². The first-order valence-electron chi connectivity index (χ1n) is 5.69. The molecule has 1 aromatic heterocycles. The molecule has 90 valence electrons. The molecule has 1 aromatic rings. The molecule has 2 rings (SSSR count). The second-order valence-electron chi connectivity index (χ2n) is 4.18. The number of aromatic nitrogens is 1. The molecule has 0 saturated carbocycles. The van der Waals surface area contributed by atoms with Gasteiger partial charge >= 0.3 is 0 Å². The van der Waals surface area contributed by atoms with Gasteiger partial charge in [-0.3, -0.25) is 0 Å². The summed E-state index contributed by atoms with van der Waals surface area (Å²) < 4.78 is 0.